The van der Waals surface area contributed by atoms with Crippen LogP contribution < -0.4 is 11.0 Å². The second-order valence-electron chi connectivity index (χ2n) is 7.19. The van der Waals surface area contributed by atoms with Gasteiger partial charge in [-0.25, -0.2) is 10.1 Å². The van der Waals surface area contributed by atoms with E-state index in [1.165, 1.54) is 30.5 Å². The molecule has 166 valence electrons. The molecule has 11 nitrogen and oxygen atoms in total. The molecule has 11 heteroatoms. The van der Waals surface area contributed by atoms with Gasteiger partial charge in [-0.1, -0.05) is 35.5 Å². The SMILES string of the molecule is Cc1noc2c(Cc3ccccc3)nn(CC(=O)N/N=C/c3ccc([N+](=O)[O-])cc3)c(=O)c12. The van der Waals surface area contributed by atoms with Gasteiger partial charge in [0.15, 0.2) is 5.58 Å². The molecule has 0 saturated carbocycles. The van der Waals surface area contributed by atoms with Crippen molar-refractivity contribution in [2.75, 3.05) is 0 Å². The Balaban J connectivity index is 1.53. The van der Waals surface area contributed by atoms with Crippen molar-refractivity contribution in [1.29, 1.82) is 0 Å². The molecule has 0 aliphatic heterocycles. The lowest BCUT2D eigenvalue weighted by Gasteiger charge is -2.07. The molecule has 33 heavy (non-hydrogen) atoms. The molecule has 0 aliphatic carbocycles. The number of nitro benzene ring substituents is 1. The first-order valence-corrected chi connectivity index (χ1v) is 9.88. The van der Waals surface area contributed by atoms with Crippen molar-refractivity contribution in [3.63, 3.8) is 0 Å². The molecule has 2 heterocycles. The number of hydrogen-bond acceptors (Lipinski definition) is 8. The number of nitro groups is 1. The smallest absolute Gasteiger partial charge is 0.280 e. The van der Waals surface area contributed by atoms with Gasteiger partial charge in [0.05, 0.1) is 16.8 Å². The number of benzene rings is 2. The quantitative estimate of drug-likeness (QED) is 0.260. The molecule has 0 aliphatic rings. The predicted octanol–water partition coefficient (Wildman–Crippen LogP) is 2.34. The Morgan fingerprint density at radius 3 is 2.64 bits per heavy atom. The molecule has 4 aromatic rings. The summed E-state index contributed by atoms with van der Waals surface area (Å²) in [6.07, 6.45) is 1.73. The van der Waals surface area contributed by atoms with Gasteiger partial charge in [-0.2, -0.15) is 10.2 Å². The van der Waals surface area contributed by atoms with E-state index in [1.807, 2.05) is 30.3 Å². The highest BCUT2D eigenvalue weighted by molar-refractivity contribution is 5.83. The Bertz CT molecular complexity index is 1410. The normalized spacial score (nSPS) is 11.2. The first-order valence-electron chi connectivity index (χ1n) is 9.88. The number of nitrogens with zero attached hydrogens (tertiary/aromatic N) is 5. The first kappa shape index (κ1) is 21.6. The van der Waals surface area contributed by atoms with Crippen molar-refractivity contribution in [1.82, 2.24) is 20.4 Å². The van der Waals surface area contributed by atoms with E-state index >= 15 is 0 Å². The first-order chi connectivity index (χ1) is 15.9. The summed E-state index contributed by atoms with van der Waals surface area (Å²) in [4.78, 5) is 35.4. The molecular weight excluding hydrogens is 428 g/mol. The topological polar surface area (TPSA) is 146 Å². The summed E-state index contributed by atoms with van der Waals surface area (Å²) in [7, 11) is 0. The summed E-state index contributed by atoms with van der Waals surface area (Å²) in [6.45, 7) is 1.29. The maximum Gasteiger partial charge on any atom is 0.280 e. The second-order valence-corrected chi connectivity index (χ2v) is 7.19. The maximum absolute atomic E-state index is 12.9. The summed E-state index contributed by atoms with van der Waals surface area (Å²) in [5, 5.41) is 23.0. The number of aromatic nitrogens is 3. The highest BCUT2D eigenvalue weighted by atomic mass is 16.6. The van der Waals surface area contributed by atoms with Crippen LogP contribution in [0, 0.1) is 17.0 Å². The minimum atomic E-state index is -0.568. The minimum absolute atomic E-state index is 0.0487. The van der Waals surface area contributed by atoms with Crippen LogP contribution in [0.2, 0.25) is 0 Å². The Morgan fingerprint density at radius 1 is 1.21 bits per heavy atom. The summed E-state index contributed by atoms with van der Waals surface area (Å²) >= 11 is 0. The number of carbonyl (C=O) groups is 1. The van der Waals surface area contributed by atoms with Crippen LogP contribution in [0.1, 0.15) is 22.5 Å². The zero-order valence-corrected chi connectivity index (χ0v) is 17.5. The van der Waals surface area contributed by atoms with E-state index in [0.29, 0.717) is 29.0 Å². The van der Waals surface area contributed by atoms with Crippen LogP contribution in [0.25, 0.3) is 11.0 Å². The van der Waals surface area contributed by atoms with E-state index in [9.17, 15) is 19.7 Å². The summed E-state index contributed by atoms with van der Waals surface area (Å²) < 4.78 is 6.39. The van der Waals surface area contributed by atoms with Crippen molar-refractivity contribution >= 4 is 28.8 Å². The monoisotopic (exact) mass is 446 g/mol. The van der Waals surface area contributed by atoms with Gasteiger partial charge in [0.2, 0.25) is 0 Å². The molecule has 2 aromatic heterocycles. The minimum Gasteiger partial charge on any atom is -0.354 e. The lowest BCUT2D eigenvalue weighted by Crippen LogP contribution is -2.32. The van der Waals surface area contributed by atoms with Crippen LogP contribution in [-0.4, -0.2) is 32.0 Å². The number of amides is 1. The van der Waals surface area contributed by atoms with E-state index in [4.69, 9.17) is 4.52 Å². The van der Waals surface area contributed by atoms with E-state index in [2.05, 4.69) is 20.8 Å². The highest BCUT2D eigenvalue weighted by Crippen LogP contribution is 2.19. The van der Waals surface area contributed by atoms with Crippen LogP contribution in [0.5, 0.6) is 0 Å². The fourth-order valence-corrected chi connectivity index (χ4v) is 3.23. The van der Waals surface area contributed by atoms with Crippen LogP contribution in [0.3, 0.4) is 0 Å². The van der Waals surface area contributed by atoms with Gasteiger partial charge in [-0.05, 0) is 30.2 Å². The predicted molar refractivity (Wildman–Crippen MR) is 119 cm³/mol. The molecule has 4 rings (SSSR count). The maximum atomic E-state index is 12.9. The Morgan fingerprint density at radius 2 is 1.94 bits per heavy atom. The molecular formula is C22H18N6O5. The molecule has 0 atom stereocenters. The molecule has 2 aromatic carbocycles. The Kier molecular flexibility index (Phi) is 6.02. The van der Waals surface area contributed by atoms with Crippen LogP contribution >= 0.6 is 0 Å². The van der Waals surface area contributed by atoms with Gasteiger partial charge in [-0.15, -0.1) is 0 Å². The zero-order valence-electron chi connectivity index (χ0n) is 17.5. The largest absolute Gasteiger partial charge is 0.354 e. The molecule has 0 spiro atoms. The summed E-state index contributed by atoms with van der Waals surface area (Å²) in [5.74, 6) is -0.568. The molecule has 0 bridgehead atoms. The molecule has 0 unspecified atom stereocenters. The Labute approximate surface area is 186 Å². The van der Waals surface area contributed by atoms with Gasteiger partial charge in [-0.3, -0.25) is 19.7 Å². The number of carbonyl (C=O) groups excluding carboxylic acids is 1. The standard InChI is InChI=1S/C22H18N6O5/c1-14-20-21(33-26-14)18(11-15-5-3-2-4-6-15)25-27(22(20)30)13-19(29)24-23-12-16-7-9-17(10-8-16)28(31)32/h2-10,12H,11,13H2,1H3,(H,24,29)/b23-12+. The lowest BCUT2D eigenvalue weighted by molar-refractivity contribution is -0.384. The summed E-state index contributed by atoms with van der Waals surface area (Å²) in [6, 6.07) is 15.2. The van der Waals surface area contributed by atoms with Crippen LogP contribution in [0.15, 0.2) is 69.0 Å². The van der Waals surface area contributed by atoms with Gasteiger partial charge in [0.1, 0.15) is 17.6 Å². The van der Waals surface area contributed by atoms with Crippen LogP contribution in [0.4, 0.5) is 5.69 Å². The second kappa shape index (κ2) is 9.22. The van der Waals surface area contributed by atoms with Crippen molar-refractivity contribution in [3.05, 3.63) is 97.6 Å². The number of hydrazone groups is 1. The number of non-ortho nitro benzene ring substituents is 1. The number of rotatable bonds is 7. The molecule has 0 radical (unpaired) electrons. The highest BCUT2D eigenvalue weighted by Gasteiger charge is 2.19. The van der Waals surface area contributed by atoms with Gasteiger partial charge >= 0.3 is 0 Å². The average molecular weight is 446 g/mol. The van der Waals surface area contributed by atoms with Crippen LogP contribution in [-0.2, 0) is 17.8 Å². The van der Waals surface area contributed by atoms with Gasteiger partial charge < -0.3 is 4.52 Å². The zero-order chi connectivity index (χ0) is 23.4. The van der Waals surface area contributed by atoms with Crippen molar-refractivity contribution in [2.24, 2.45) is 5.10 Å². The molecule has 1 N–H and O–H groups in total. The number of nitrogens with one attached hydrogen (secondary N) is 1. The number of fused-ring (bicyclic) bond motifs is 1. The number of hydrogen-bond donors (Lipinski definition) is 1. The Hall–Kier alpha value is -4.67. The van der Waals surface area contributed by atoms with E-state index in [1.54, 1.807) is 6.92 Å². The lowest BCUT2D eigenvalue weighted by atomic mass is 10.1. The van der Waals surface area contributed by atoms with Gasteiger partial charge in [0, 0.05) is 18.6 Å². The third-order valence-corrected chi connectivity index (χ3v) is 4.83. The molecule has 0 fully saturated rings. The number of aryl methyl sites for hydroxylation is 1. The van der Waals surface area contributed by atoms with E-state index < -0.39 is 16.4 Å². The third kappa shape index (κ3) is 4.82. The molecule has 0 saturated heterocycles. The summed E-state index contributed by atoms with van der Waals surface area (Å²) in [5.41, 5.74) is 4.51. The fourth-order valence-electron chi connectivity index (χ4n) is 3.23. The van der Waals surface area contributed by atoms with Crippen molar-refractivity contribution < 1.29 is 14.2 Å². The van der Waals surface area contributed by atoms with E-state index in [0.717, 1.165) is 10.2 Å². The molecule has 1 amide bonds. The fraction of sp³-hybridized carbons (Fsp3) is 0.136. The van der Waals surface area contributed by atoms with Crippen molar-refractivity contribution in [3.8, 4) is 0 Å². The van der Waals surface area contributed by atoms with E-state index in [-0.39, 0.29) is 17.6 Å². The average Bonchev–Trinajstić information content (AvgIpc) is 3.20. The van der Waals surface area contributed by atoms with Crippen molar-refractivity contribution in [2.45, 2.75) is 19.9 Å². The van der Waals surface area contributed by atoms with Gasteiger partial charge in [0.25, 0.3) is 17.2 Å². The third-order valence-electron chi connectivity index (χ3n) is 4.83.